The van der Waals surface area contributed by atoms with Gasteiger partial charge in [-0.3, -0.25) is 9.59 Å². The van der Waals surface area contributed by atoms with Crippen LogP contribution in [0.1, 0.15) is 32.6 Å². The number of carbonyl (C=O) groups is 2. The Hall–Kier alpha value is -1.18. The maximum atomic E-state index is 12.0. The molecule has 6 N–H and O–H groups in total. The van der Waals surface area contributed by atoms with Crippen molar-refractivity contribution >= 4 is 11.9 Å². The van der Waals surface area contributed by atoms with Gasteiger partial charge < -0.3 is 26.8 Å². The van der Waals surface area contributed by atoms with Crippen molar-refractivity contribution < 1.29 is 14.3 Å². The summed E-state index contributed by atoms with van der Waals surface area (Å²) in [7, 11) is 0. The van der Waals surface area contributed by atoms with Gasteiger partial charge in [-0.05, 0) is 45.8 Å². The molecule has 0 rings (SSSR count). The van der Waals surface area contributed by atoms with Gasteiger partial charge >= 0.3 is 5.97 Å². The predicted molar refractivity (Wildman–Crippen MR) is 78.0 cm³/mol. The van der Waals surface area contributed by atoms with Gasteiger partial charge in [0.15, 0.2) is 0 Å². The summed E-state index contributed by atoms with van der Waals surface area (Å²) in [5.41, 5.74) is 10.8. The van der Waals surface area contributed by atoms with Gasteiger partial charge in [0.1, 0.15) is 0 Å². The molecule has 0 aliphatic heterocycles. The largest absolute Gasteiger partial charge is 0.466 e. The molecule has 1 atom stereocenters. The number of amides is 1. The molecule has 0 heterocycles. The molecule has 1 amide bonds. The zero-order chi connectivity index (χ0) is 15.2. The summed E-state index contributed by atoms with van der Waals surface area (Å²) >= 11 is 0. The van der Waals surface area contributed by atoms with Gasteiger partial charge in [-0.2, -0.15) is 0 Å². The smallest absolute Gasteiger partial charge is 0.307 e. The minimum absolute atomic E-state index is 0.0327. The molecule has 0 saturated heterocycles. The molecule has 118 valence electrons. The number of hydrogen-bond acceptors (Lipinski definition) is 6. The van der Waals surface area contributed by atoms with Crippen LogP contribution in [0.5, 0.6) is 0 Å². The lowest BCUT2D eigenvalue weighted by molar-refractivity contribution is -0.145. The molecular weight excluding hydrogens is 260 g/mol. The molecule has 7 heteroatoms. The Morgan fingerprint density at radius 1 is 1.10 bits per heavy atom. The molecule has 0 radical (unpaired) electrons. The van der Waals surface area contributed by atoms with Crippen molar-refractivity contribution in [2.75, 3.05) is 32.8 Å². The summed E-state index contributed by atoms with van der Waals surface area (Å²) in [5, 5.41) is 5.83. The molecule has 20 heavy (non-hydrogen) atoms. The van der Waals surface area contributed by atoms with Crippen LogP contribution in [0.15, 0.2) is 0 Å². The molecule has 1 unspecified atom stereocenters. The van der Waals surface area contributed by atoms with E-state index in [2.05, 4.69) is 10.6 Å². The summed E-state index contributed by atoms with van der Waals surface area (Å²) in [5.74, 6) is -0.572. The van der Waals surface area contributed by atoms with E-state index in [-0.39, 0.29) is 18.3 Å². The van der Waals surface area contributed by atoms with Crippen LogP contribution >= 0.6 is 0 Å². The SMILES string of the molecule is CCOC(=O)CC(NCCCCN)C(=O)NCCCN. The molecule has 0 aliphatic rings. The first-order valence-corrected chi connectivity index (χ1v) is 7.22. The van der Waals surface area contributed by atoms with Gasteiger partial charge in [-0.25, -0.2) is 0 Å². The Kier molecular flexibility index (Phi) is 12.1. The predicted octanol–water partition coefficient (Wildman–Crippen LogP) is -0.898. The first-order chi connectivity index (χ1) is 9.65. The van der Waals surface area contributed by atoms with Crippen molar-refractivity contribution in [1.82, 2.24) is 10.6 Å². The first-order valence-electron chi connectivity index (χ1n) is 7.22. The van der Waals surface area contributed by atoms with Gasteiger partial charge in [0.25, 0.3) is 0 Å². The highest BCUT2D eigenvalue weighted by Gasteiger charge is 2.21. The quantitative estimate of drug-likeness (QED) is 0.273. The molecule has 0 aromatic carbocycles. The standard InChI is InChI=1S/C13H28N4O3/c1-2-20-12(18)10-11(16-8-4-3-6-14)13(19)17-9-5-7-15/h11,16H,2-10,14-15H2,1H3,(H,17,19). The molecule has 0 spiro atoms. The number of nitrogens with two attached hydrogens (primary N) is 2. The monoisotopic (exact) mass is 288 g/mol. The van der Waals surface area contributed by atoms with Gasteiger partial charge in [-0.1, -0.05) is 0 Å². The molecule has 0 saturated carbocycles. The Morgan fingerprint density at radius 3 is 2.40 bits per heavy atom. The fraction of sp³-hybridized carbons (Fsp3) is 0.846. The second kappa shape index (κ2) is 12.8. The highest BCUT2D eigenvalue weighted by atomic mass is 16.5. The maximum absolute atomic E-state index is 12.0. The molecule has 0 aliphatic carbocycles. The minimum atomic E-state index is -0.565. The third kappa shape index (κ3) is 9.71. The van der Waals surface area contributed by atoms with Crippen molar-refractivity contribution in [1.29, 1.82) is 0 Å². The summed E-state index contributed by atoms with van der Waals surface area (Å²) in [6.45, 7) is 4.35. The van der Waals surface area contributed by atoms with Crippen molar-refractivity contribution in [2.45, 2.75) is 38.6 Å². The van der Waals surface area contributed by atoms with Crippen molar-refractivity contribution in [3.63, 3.8) is 0 Å². The van der Waals surface area contributed by atoms with Crippen molar-refractivity contribution in [3.8, 4) is 0 Å². The highest BCUT2D eigenvalue weighted by molar-refractivity contribution is 5.86. The molecular formula is C13H28N4O3. The third-order valence-electron chi connectivity index (χ3n) is 2.69. The van der Waals surface area contributed by atoms with Gasteiger partial charge in [-0.15, -0.1) is 0 Å². The normalized spacial score (nSPS) is 11.9. The van der Waals surface area contributed by atoms with Gasteiger partial charge in [0.2, 0.25) is 5.91 Å². The van der Waals surface area contributed by atoms with Crippen LogP contribution in [0.3, 0.4) is 0 Å². The summed E-state index contributed by atoms with van der Waals surface area (Å²) in [4.78, 5) is 23.5. The van der Waals surface area contributed by atoms with Gasteiger partial charge in [0.05, 0.1) is 19.1 Å². The highest BCUT2D eigenvalue weighted by Crippen LogP contribution is 1.97. The van der Waals surface area contributed by atoms with E-state index in [4.69, 9.17) is 16.2 Å². The van der Waals surface area contributed by atoms with Crippen LogP contribution in [-0.2, 0) is 14.3 Å². The second-order valence-corrected chi connectivity index (χ2v) is 4.44. The maximum Gasteiger partial charge on any atom is 0.307 e. The summed E-state index contributed by atoms with van der Waals surface area (Å²) in [6, 6.07) is -0.565. The second-order valence-electron chi connectivity index (χ2n) is 4.44. The number of unbranched alkanes of at least 4 members (excludes halogenated alkanes) is 1. The van der Waals surface area contributed by atoms with Crippen molar-refractivity contribution in [3.05, 3.63) is 0 Å². The first kappa shape index (κ1) is 18.8. The van der Waals surface area contributed by atoms with Crippen LogP contribution in [0, 0.1) is 0 Å². The fourth-order valence-electron chi connectivity index (χ4n) is 1.63. The number of rotatable bonds is 12. The topological polar surface area (TPSA) is 119 Å². The molecule has 0 fully saturated rings. The van der Waals surface area contributed by atoms with E-state index >= 15 is 0 Å². The van der Waals surface area contributed by atoms with E-state index < -0.39 is 6.04 Å². The summed E-state index contributed by atoms with van der Waals surface area (Å²) in [6.07, 6.45) is 2.50. The zero-order valence-electron chi connectivity index (χ0n) is 12.3. The van der Waals surface area contributed by atoms with E-state index in [0.29, 0.717) is 39.2 Å². The number of hydrogen-bond donors (Lipinski definition) is 4. The van der Waals surface area contributed by atoms with Crippen molar-refractivity contribution in [2.24, 2.45) is 11.5 Å². The average molecular weight is 288 g/mol. The lowest BCUT2D eigenvalue weighted by atomic mass is 10.1. The molecule has 0 aromatic rings. The minimum Gasteiger partial charge on any atom is -0.466 e. The number of ether oxygens (including phenoxy) is 1. The third-order valence-corrected chi connectivity index (χ3v) is 2.69. The van der Waals surface area contributed by atoms with E-state index in [9.17, 15) is 9.59 Å². The molecule has 0 aromatic heterocycles. The Bertz CT molecular complexity index is 274. The Labute approximate surface area is 120 Å². The lowest BCUT2D eigenvalue weighted by Crippen LogP contribution is -2.46. The molecule has 7 nitrogen and oxygen atoms in total. The Balaban J connectivity index is 4.21. The number of esters is 1. The van der Waals surface area contributed by atoms with E-state index in [1.807, 2.05) is 0 Å². The lowest BCUT2D eigenvalue weighted by Gasteiger charge is -2.17. The van der Waals surface area contributed by atoms with Crippen LogP contribution in [-0.4, -0.2) is 50.7 Å². The number of carbonyl (C=O) groups excluding carboxylic acids is 2. The van der Waals surface area contributed by atoms with Gasteiger partial charge in [0, 0.05) is 6.54 Å². The van der Waals surface area contributed by atoms with Crippen LogP contribution in [0.2, 0.25) is 0 Å². The average Bonchev–Trinajstić information content (AvgIpc) is 2.42. The van der Waals surface area contributed by atoms with E-state index in [1.165, 1.54) is 0 Å². The summed E-state index contributed by atoms with van der Waals surface area (Å²) < 4.78 is 4.88. The number of nitrogens with one attached hydrogen (secondary N) is 2. The fourth-order valence-corrected chi connectivity index (χ4v) is 1.63. The Morgan fingerprint density at radius 2 is 1.80 bits per heavy atom. The van der Waals surface area contributed by atoms with Crippen LogP contribution in [0.25, 0.3) is 0 Å². The van der Waals surface area contributed by atoms with Crippen LogP contribution < -0.4 is 22.1 Å². The van der Waals surface area contributed by atoms with E-state index in [1.54, 1.807) is 6.92 Å². The van der Waals surface area contributed by atoms with Crippen LogP contribution in [0.4, 0.5) is 0 Å². The molecule has 0 bridgehead atoms. The van der Waals surface area contributed by atoms with E-state index in [0.717, 1.165) is 12.8 Å². The zero-order valence-corrected chi connectivity index (χ0v) is 12.3.